The van der Waals surface area contributed by atoms with E-state index in [0.717, 1.165) is 35.3 Å². The fourth-order valence-electron chi connectivity index (χ4n) is 3.46. The molecule has 0 radical (unpaired) electrons. The molecule has 2 aliphatic carbocycles. The maximum atomic E-state index is 12.2. The minimum atomic E-state index is -0.363. The first-order chi connectivity index (χ1) is 14.1. The zero-order chi connectivity index (χ0) is 20.2. The molecule has 8 heteroatoms. The molecular formula is C21H21N3O4S. The number of hydrogen-bond acceptors (Lipinski definition) is 6. The van der Waals surface area contributed by atoms with Crippen LogP contribution in [0.2, 0.25) is 0 Å². The van der Waals surface area contributed by atoms with Gasteiger partial charge in [0.2, 0.25) is 5.91 Å². The number of fused-ring (bicyclic) bond motifs is 1. The molecule has 2 N–H and O–H groups in total. The minimum absolute atomic E-state index is 0.211. The predicted octanol–water partition coefficient (Wildman–Crippen LogP) is 4.00. The Morgan fingerprint density at radius 1 is 1.34 bits per heavy atom. The lowest BCUT2D eigenvalue weighted by atomic mass is 9.93. The van der Waals surface area contributed by atoms with Gasteiger partial charge in [-0.05, 0) is 49.8 Å². The molecule has 0 saturated heterocycles. The molecule has 1 saturated carbocycles. The molecule has 7 nitrogen and oxygen atoms in total. The van der Waals surface area contributed by atoms with Gasteiger partial charge in [-0.3, -0.25) is 4.79 Å². The van der Waals surface area contributed by atoms with E-state index >= 15 is 0 Å². The van der Waals surface area contributed by atoms with Gasteiger partial charge in [0, 0.05) is 29.0 Å². The molecule has 2 heterocycles. The summed E-state index contributed by atoms with van der Waals surface area (Å²) in [6, 6.07) is 4.20. The first kappa shape index (κ1) is 19.3. The van der Waals surface area contributed by atoms with Crippen molar-refractivity contribution in [1.82, 2.24) is 5.32 Å². The van der Waals surface area contributed by atoms with E-state index in [1.807, 2.05) is 0 Å². The second-order valence-corrected chi connectivity index (χ2v) is 8.35. The summed E-state index contributed by atoms with van der Waals surface area (Å²) in [7, 11) is 0. The summed E-state index contributed by atoms with van der Waals surface area (Å²) in [5, 5.41) is 15.8. The van der Waals surface area contributed by atoms with Gasteiger partial charge >= 0.3 is 6.09 Å². The molecule has 0 aromatic carbocycles. The van der Waals surface area contributed by atoms with Crippen LogP contribution >= 0.6 is 11.3 Å². The van der Waals surface area contributed by atoms with E-state index in [9.17, 15) is 14.9 Å². The highest BCUT2D eigenvalue weighted by Gasteiger charge is 2.29. The fraction of sp³-hybridized carbons (Fsp3) is 0.381. The van der Waals surface area contributed by atoms with Crippen molar-refractivity contribution in [2.24, 2.45) is 0 Å². The Balaban J connectivity index is 1.39. The number of anilines is 1. The van der Waals surface area contributed by atoms with Crippen molar-refractivity contribution in [3.8, 4) is 6.07 Å². The van der Waals surface area contributed by atoms with Gasteiger partial charge in [0.1, 0.15) is 17.2 Å². The van der Waals surface area contributed by atoms with Gasteiger partial charge in [-0.25, -0.2) is 4.79 Å². The van der Waals surface area contributed by atoms with E-state index in [2.05, 4.69) is 16.7 Å². The molecule has 2 aromatic rings. The van der Waals surface area contributed by atoms with Crippen LogP contribution in [-0.4, -0.2) is 24.1 Å². The van der Waals surface area contributed by atoms with Gasteiger partial charge in [0.25, 0.3) is 0 Å². The lowest BCUT2D eigenvalue weighted by molar-refractivity contribution is -0.111. The molecule has 1 atom stereocenters. The van der Waals surface area contributed by atoms with Crippen LogP contribution in [-0.2, 0) is 22.4 Å². The average molecular weight is 411 g/mol. The Hall–Kier alpha value is -3.05. The monoisotopic (exact) mass is 411 g/mol. The topological polar surface area (TPSA) is 104 Å². The lowest BCUT2D eigenvalue weighted by Crippen LogP contribution is -2.41. The van der Waals surface area contributed by atoms with Crippen LogP contribution < -0.4 is 10.6 Å². The lowest BCUT2D eigenvalue weighted by Gasteiger charge is -2.28. The quantitative estimate of drug-likeness (QED) is 0.724. The van der Waals surface area contributed by atoms with E-state index in [4.69, 9.17) is 9.15 Å². The molecule has 0 spiro atoms. The average Bonchev–Trinajstić information content (AvgIpc) is 3.30. The Kier molecular flexibility index (Phi) is 5.67. The summed E-state index contributed by atoms with van der Waals surface area (Å²) in [4.78, 5) is 25.2. The summed E-state index contributed by atoms with van der Waals surface area (Å²) < 4.78 is 10.5. The number of ether oxygens (including phenoxy) is 1. The maximum Gasteiger partial charge on any atom is 0.407 e. The number of nitriles is 1. The second-order valence-electron chi connectivity index (χ2n) is 7.24. The molecule has 29 heavy (non-hydrogen) atoms. The first-order valence-corrected chi connectivity index (χ1v) is 10.5. The molecule has 1 unspecified atom stereocenters. The number of thiophene rings is 1. The van der Waals surface area contributed by atoms with Crippen LogP contribution in [0.3, 0.4) is 0 Å². The van der Waals surface area contributed by atoms with E-state index in [1.165, 1.54) is 29.9 Å². The number of carbonyl (C=O) groups is 2. The number of hydrogen-bond donors (Lipinski definition) is 2. The zero-order valence-corrected chi connectivity index (χ0v) is 16.6. The van der Waals surface area contributed by atoms with Crippen molar-refractivity contribution in [3.05, 3.63) is 46.2 Å². The standard InChI is InChI=1S/C21H21N3O4S/c22-11-17-16-6-5-15(28-21(26)23-14-2-1-3-14)10-18(16)29-20(17)24-19(25)7-4-13-8-9-27-12-13/h4,7-9,12,14-15H,1-3,5-6,10H2,(H,23,26)(H,24,25). The van der Waals surface area contributed by atoms with Crippen molar-refractivity contribution in [1.29, 1.82) is 5.26 Å². The van der Waals surface area contributed by atoms with E-state index in [-0.39, 0.29) is 24.1 Å². The number of furan rings is 1. The van der Waals surface area contributed by atoms with Crippen molar-refractivity contribution >= 4 is 34.4 Å². The van der Waals surface area contributed by atoms with E-state index in [1.54, 1.807) is 12.1 Å². The van der Waals surface area contributed by atoms with Gasteiger partial charge in [0.05, 0.1) is 18.1 Å². The van der Waals surface area contributed by atoms with Crippen molar-refractivity contribution in [2.75, 3.05) is 5.32 Å². The number of carbonyl (C=O) groups excluding carboxylic acids is 2. The van der Waals surface area contributed by atoms with Gasteiger partial charge in [0.15, 0.2) is 0 Å². The Morgan fingerprint density at radius 2 is 2.21 bits per heavy atom. The Morgan fingerprint density at radius 3 is 2.90 bits per heavy atom. The molecular weight excluding hydrogens is 390 g/mol. The van der Waals surface area contributed by atoms with Crippen molar-refractivity contribution in [2.45, 2.75) is 50.7 Å². The molecule has 2 aliphatic rings. The van der Waals surface area contributed by atoms with Crippen molar-refractivity contribution in [3.63, 3.8) is 0 Å². The van der Waals surface area contributed by atoms with E-state index < -0.39 is 0 Å². The summed E-state index contributed by atoms with van der Waals surface area (Å²) >= 11 is 1.38. The third-order valence-corrected chi connectivity index (χ3v) is 6.41. The largest absolute Gasteiger partial charge is 0.472 e. The number of alkyl carbamates (subject to hydrolysis) is 1. The van der Waals surface area contributed by atoms with Crippen LogP contribution in [0, 0.1) is 11.3 Å². The van der Waals surface area contributed by atoms with Crippen LogP contribution in [0.1, 0.15) is 47.3 Å². The van der Waals surface area contributed by atoms with Crippen LogP contribution in [0.5, 0.6) is 0 Å². The first-order valence-electron chi connectivity index (χ1n) is 9.65. The van der Waals surface area contributed by atoms with Gasteiger partial charge < -0.3 is 19.8 Å². The smallest absolute Gasteiger partial charge is 0.407 e. The molecule has 2 amide bonds. The summed E-state index contributed by atoms with van der Waals surface area (Å²) in [6.45, 7) is 0. The summed E-state index contributed by atoms with van der Waals surface area (Å²) in [5.41, 5.74) is 2.24. The molecule has 4 rings (SSSR count). The highest BCUT2D eigenvalue weighted by atomic mass is 32.1. The maximum absolute atomic E-state index is 12.2. The molecule has 1 fully saturated rings. The van der Waals surface area contributed by atoms with Gasteiger partial charge in [-0.1, -0.05) is 0 Å². The summed E-state index contributed by atoms with van der Waals surface area (Å²) in [5.74, 6) is -0.311. The number of amides is 2. The zero-order valence-electron chi connectivity index (χ0n) is 15.8. The normalized spacial score (nSPS) is 18.5. The highest BCUT2D eigenvalue weighted by Crippen LogP contribution is 2.38. The van der Waals surface area contributed by atoms with Gasteiger partial charge in [-0.2, -0.15) is 5.26 Å². The van der Waals surface area contributed by atoms with Crippen LogP contribution in [0.15, 0.2) is 29.1 Å². The van der Waals surface area contributed by atoms with Crippen molar-refractivity contribution < 1.29 is 18.7 Å². The minimum Gasteiger partial charge on any atom is -0.472 e. The van der Waals surface area contributed by atoms with Crippen LogP contribution in [0.25, 0.3) is 6.08 Å². The molecule has 150 valence electrons. The Bertz CT molecular complexity index is 967. The molecule has 0 aliphatic heterocycles. The summed E-state index contributed by atoms with van der Waals surface area (Å²) in [6.07, 6.45) is 10.6. The molecule has 0 bridgehead atoms. The Labute approximate surface area is 172 Å². The number of nitrogens with zero attached hydrogens (tertiary/aromatic N) is 1. The highest BCUT2D eigenvalue weighted by molar-refractivity contribution is 7.16. The fourth-order valence-corrected chi connectivity index (χ4v) is 4.73. The molecule has 2 aromatic heterocycles. The second kappa shape index (κ2) is 8.53. The number of nitrogens with one attached hydrogen (secondary N) is 2. The SMILES string of the molecule is N#Cc1c(NC(=O)C=Cc2ccoc2)sc2c1CCC(OC(=O)NC1CCC1)C2. The number of rotatable bonds is 5. The third kappa shape index (κ3) is 4.51. The van der Waals surface area contributed by atoms with Crippen LogP contribution in [0.4, 0.5) is 9.80 Å². The van der Waals surface area contributed by atoms with E-state index in [0.29, 0.717) is 29.8 Å². The predicted molar refractivity (Wildman–Crippen MR) is 108 cm³/mol. The third-order valence-electron chi connectivity index (χ3n) is 5.24. The van der Waals surface area contributed by atoms with Gasteiger partial charge in [-0.15, -0.1) is 11.3 Å².